The van der Waals surface area contributed by atoms with Gasteiger partial charge in [-0.3, -0.25) is 19.3 Å². The van der Waals surface area contributed by atoms with Crippen LogP contribution >= 0.6 is 0 Å². The predicted molar refractivity (Wildman–Crippen MR) is 151 cm³/mol. The van der Waals surface area contributed by atoms with E-state index in [2.05, 4.69) is 44.9 Å². The fraction of sp³-hybridized carbons (Fsp3) is 0.400. The molecule has 2 N–H and O–H groups in total. The first-order valence-electron chi connectivity index (χ1n) is 13.6. The zero-order valence-electron chi connectivity index (χ0n) is 21.7. The molecule has 192 valence electrons. The molecule has 0 fully saturated rings. The number of nitrogens with one attached hydrogen (secondary N) is 2. The van der Waals surface area contributed by atoms with Gasteiger partial charge in [0.2, 0.25) is 5.95 Å². The molecule has 0 aliphatic heterocycles. The standard InChI is InChI=1S/C30H36N6O/c1-36-28(37)21-27(22-15-19-31-20-16-22)35-30(36)33-18-10-4-2-3-9-17-32-29-23-11-5-7-13-25(23)34-26-14-8-6-12-24(26)29/h5,7,11,13,15-16,19-21H,2-4,6,8-10,12,14,17-18H2,1H3,(H,32,34)(H,33,35). The number of nitrogens with zero attached hydrogens (tertiary/aromatic N) is 4. The van der Waals surface area contributed by atoms with Crippen LogP contribution in [0, 0.1) is 0 Å². The van der Waals surface area contributed by atoms with Gasteiger partial charge >= 0.3 is 0 Å². The van der Waals surface area contributed by atoms with E-state index >= 15 is 0 Å². The average Bonchev–Trinajstić information content (AvgIpc) is 2.94. The van der Waals surface area contributed by atoms with Gasteiger partial charge in [0.25, 0.3) is 5.56 Å². The van der Waals surface area contributed by atoms with E-state index in [1.54, 1.807) is 30.1 Å². The number of rotatable bonds is 11. The highest BCUT2D eigenvalue weighted by atomic mass is 16.1. The molecule has 0 amide bonds. The van der Waals surface area contributed by atoms with E-state index in [0.29, 0.717) is 11.6 Å². The van der Waals surface area contributed by atoms with Crippen LogP contribution < -0.4 is 16.2 Å². The predicted octanol–water partition coefficient (Wildman–Crippen LogP) is 5.74. The lowest BCUT2D eigenvalue weighted by Crippen LogP contribution is -2.22. The lowest BCUT2D eigenvalue weighted by molar-refractivity contribution is 0.632. The molecule has 0 radical (unpaired) electrons. The van der Waals surface area contributed by atoms with E-state index in [9.17, 15) is 4.79 Å². The summed E-state index contributed by atoms with van der Waals surface area (Å²) in [4.78, 5) is 26.0. The molecule has 3 heterocycles. The van der Waals surface area contributed by atoms with Crippen LogP contribution in [0.25, 0.3) is 22.2 Å². The topological polar surface area (TPSA) is 84.7 Å². The summed E-state index contributed by atoms with van der Waals surface area (Å²) in [5.41, 5.74) is 6.65. The third-order valence-electron chi connectivity index (χ3n) is 7.22. The first-order chi connectivity index (χ1) is 18.2. The summed E-state index contributed by atoms with van der Waals surface area (Å²) in [6.07, 6.45) is 13.9. The maximum absolute atomic E-state index is 12.4. The lowest BCUT2D eigenvalue weighted by Gasteiger charge is -2.21. The normalized spacial score (nSPS) is 12.9. The van der Waals surface area contributed by atoms with Gasteiger partial charge in [0, 0.05) is 60.9 Å². The van der Waals surface area contributed by atoms with Gasteiger partial charge in [0.05, 0.1) is 11.2 Å². The molecule has 1 aliphatic rings. The van der Waals surface area contributed by atoms with Gasteiger partial charge in [-0.1, -0.05) is 37.5 Å². The summed E-state index contributed by atoms with van der Waals surface area (Å²) in [5.74, 6) is 0.608. The van der Waals surface area contributed by atoms with Crippen LogP contribution in [-0.2, 0) is 19.9 Å². The molecule has 7 heteroatoms. The Morgan fingerprint density at radius 3 is 2.43 bits per heavy atom. The van der Waals surface area contributed by atoms with Crippen LogP contribution in [-0.4, -0.2) is 32.6 Å². The summed E-state index contributed by atoms with van der Waals surface area (Å²) in [7, 11) is 1.75. The molecule has 0 saturated carbocycles. The number of aryl methyl sites for hydroxylation is 1. The molecular formula is C30H36N6O. The number of aromatic nitrogens is 4. The monoisotopic (exact) mass is 496 g/mol. The largest absolute Gasteiger partial charge is 0.384 e. The molecule has 0 bridgehead atoms. The third-order valence-corrected chi connectivity index (χ3v) is 7.22. The van der Waals surface area contributed by atoms with Gasteiger partial charge in [0.1, 0.15) is 0 Å². The van der Waals surface area contributed by atoms with Crippen LogP contribution in [0.15, 0.2) is 59.7 Å². The molecule has 37 heavy (non-hydrogen) atoms. The van der Waals surface area contributed by atoms with Crippen LogP contribution in [0.3, 0.4) is 0 Å². The van der Waals surface area contributed by atoms with Crippen LogP contribution in [0.1, 0.15) is 56.2 Å². The van der Waals surface area contributed by atoms with Crippen molar-refractivity contribution < 1.29 is 0 Å². The maximum atomic E-state index is 12.4. The minimum absolute atomic E-state index is 0.0694. The molecule has 0 saturated heterocycles. The molecule has 3 aromatic heterocycles. The Balaban J connectivity index is 1.06. The summed E-state index contributed by atoms with van der Waals surface area (Å²) in [5, 5.41) is 8.38. The van der Waals surface area contributed by atoms with Crippen molar-refractivity contribution in [1.29, 1.82) is 0 Å². The van der Waals surface area contributed by atoms with Crippen molar-refractivity contribution in [2.75, 3.05) is 23.7 Å². The highest BCUT2D eigenvalue weighted by Gasteiger charge is 2.17. The fourth-order valence-electron chi connectivity index (χ4n) is 5.14. The van der Waals surface area contributed by atoms with Crippen LogP contribution in [0.4, 0.5) is 11.6 Å². The first-order valence-corrected chi connectivity index (χ1v) is 13.6. The summed E-state index contributed by atoms with van der Waals surface area (Å²) in [6, 6.07) is 13.8. The maximum Gasteiger partial charge on any atom is 0.255 e. The number of fused-ring (bicyclic) bond motifs is 2. The molecule has 0 unspecified atom stereocenters. The summed E-state index contributed by atoms with van der Waals surface area (Å²) >= 11 is 0. The van der Waals surface area contributed by atoms with E-state index in [4.69, 9.17) is 4.98 Å². The Bertz CT molecular complexity index is 1400. The highest BCUT2D eigenvalue weighted by Crippen LogP contribution is 2.33. The number of hydrogen-bond acceptors (Lipinski definition) is 6. The second-order valence-corrected chi connectivity index (χ2v) is 9.86. The number of unbranched alkanes of at least 4 members (excludes halogenated alkanes) is 4. The molecule has 5 rings (SSSR count). The van der Waals surface area contributed by atoms with E-state index in [1.165, 1.54) is 48.0 Å². The number of pyridine rings is 2. The Morgan fingerprint density at radius 2 is 1.59 bits per heavy atom. The molecule has 7 nitrogen and oxygen atoms in total. The summed E-state index contributed by atoms with van der Waals surface area (Å²) < 4.78 is 1.57. The van der Waals surface area contributed by atoms with Gasteiger partial charge in [-0.25, -0.2) is 4.98 Å². The quantitative estimate of drug-likeness (QED) is 0.258. The molecular weight excluding hydrogens is 460 g/mol. The SMILES string of the molecule is Cn1c(NCCCCCCCNc2c3c(nc4ccccc24)CCCC3)nc(-c2ccncc2)cc1=O. The fourth-order valence-corrected chi connectivity index (χ4v) is 5.14. The zero-order chi connectivity index (χ0) is 25.5. The van der Waals surface area contributed by atoms with Crippen molar-refractivity contribution >= 4 is 22.5 Å². The van der Waals surface area contributed by atoms with Crippen molar-refractivity contribution in [3.05, 3.63) is 76.5 Å². The van der Waals surface area contributed by atoms with Gasteiger partial charge in [0.15, 0.2) is 0 Å². The molecule has 0 atom stereocenters. The van der Waals surface area contributed by atoms with Gasteiger partial charge in [-0.2, -0.15) is 0 Å². The zero-order valence-corrected chi connectivity index (χ0v) is 21.7. The first kappa shape index (κ1) is 24.9. The Hall–Kier alpha value is -3.74. The van der Waals surface area contributed by atoms with E-state index < -0.39 is 0 Å². The number of anilines is 2. The van der Waals surface area contributed by atoms with Crippen molar-refractivity contribution in [3.63, 3.8) is 0 Å². The highest BCUT2D eigenvalue weighted by molar-refractivity contribution is 5.93. The van der Waals surface area contributed by atoms with Crippen LogP contribution in [0.2, 0.25) is 0 Å². The minimum Gasteiger partial charge on any atom is -0.384 e. The van der Waals surface area contributed by atoms with Crippen molar-refractivity contribution in [2.45, 2.75) is 57.8 Å². The van der Waals surface area contributed by atoms with E-state index in [1.807, 2.05) is 12.1 Å². The third kappa shape index (κ3) is 5.98. The van der Waals surface area contributed by atoms with Gasteiger partial charge < -0.3 is 10.6 Å². The van der Waals surface area contributed by atoms with Crippen LogP contribution in [0.5, 0.6) is 0 Å². The average molecular weight is 497 g/mol. The minimum atomic E-state index is -0.0694. The number of benzene rings is 1. The van der Waals surface area contributed by atoms with E-state index in [-0.39, 0.29) is 5.56 Å². The Kier molecular flexibility index (Phi) is 8.08. The van der Waals surface area contributed by atoms with E-state index in [0.717, 1.165) is 56.3 Å². The molecule has 0 spiro atoms. The van der Waals surface area contributed by atoms with Crippen molar-refractivity contribution in [1.82, 2.24) is 19.5 Å². The molecule has 4 aromatic rings. The number of para-hydroxylation sites is 1. The second-order valence-electron chi connectivity index (χ2n) is 9.86. The molecule has 1 aromatic carbocycles. The van der Waals surface area contributed by atoms with Crippen molar-refractivity contribution in [2.24, 2.45) is 7.05 Å². The number of hydrogen-bond donors (Lipinski definition) is 2. The second kappa shape index (κ2) is 12.0. The van der Waals surface area contributed by atoms with Gasteiger partial charge in [-0.05, 0) is 62.3 Å². The lowest BCUT2D eigenvalue weighted by atomic mass is 9.92. The van der Waals surface area contributed by atoms with Gasteiger partial charge in [-0.15, -0.1) is 0 Å². The smallest absolute Gasteiger partial charge is 0.255 e. The molecule has 1 aliphatic carbocycles. The Morgan fingerprint density at radius 1 is 0.865 bits per heavy atom. The van der Waals surface area contributed by atoms with Crippen molar-refractivity contribution in [3.8, 4) is 11.3 Å². The summed E-state index contributed by atoms with van der Waals surface area (Å²) in [6.45, 7) is 1.79. The Labute approximate surface area is 218 Å².